The molecule has 1 saturated heterocycles. The lowest BCUT2D eigenvalue weighted by Gasteiger charge is -2.31. The average Bonchev–Trinajstić information content (AvgIpc) is 2.74. The van der Waals surface area contributed by atoms with Crippen LogP contribution < -0.4 is 5.32 Å². The first-order valence-electron chi connectivity index (χ1n) is 6.66. The van der Waals surface area contributed by atoms with Gasteiger partial charge in [0.2, 0.25) is 0 Å². The highest BCUT2D eigenvalue weighted by molar-refractivity contribution is 7.11. The topological polar surface area (TPSA) is 65.5 Å². The first-order chi connectivity index (χ1) is 9.10. The Balaban J connectivity index is 1.80. The van der Waals surface area contributed by atoms with E-state index in [0.29, 0.717) is 12.5 Å². The number of likely N-dealkylation sites (tertiary alicyclic amines) is 1. The molecule has 0 saturated carbocycles. The molecule has 0 spiro atoms. The van der Waals surface area contributed by atoms with Crippen LogP contribution in [-0.2, 0) is 6.54 Å². The number of amides is 2. The third-order valence-corrected chi connectivity index (χ3v) is 4.63. The Labute approximate surface area is 117 Å². The molecule has 1 aliphatic heterocycles. The molecular weight excluding hydrogens is 262 g/mol. The maximum absolute atomic E-state index is 12.0. The number of rotatable bonds is 3. The van der Waals surface area contributed by atoms with Crippen LogP contribution in [0.25, 0.3) is 0 Å². The Morgan fingerprint density at radius 2 is 2.16 bits per heavy atom. The fourth-order valence-corrected chi connectivity index (χ4v) is 3.20. The number of aryl methyl sites for hydroxylation is 2. The van der Waals surface area contributed by atoms with Gasteiger partial charge in [0.05, 0.1) is 17.2 Å². The SMILES string of the molecule is Cc1nc(C)c(CNC(=O)N2CCC(CO)CC2)s1. The second-order valence-corrected chi connectivity index (χ2v) is 6.30. The summed E-state index contributed by atoms with van der Waals surface area (Å²) in [7, 11) is 0. The van der Waals surface area contributed by atoms with Gasteiger partial charge < -0.3 is 15.3 Å². The molecule has 0 bridgehead atoms. The van der Waals surface area contributed by atoms with E-state index >= 15 is 0 Å². The third kappa shape index (κ3) is 3.67. The highest BCUT2D eigenvalue weighted by atomic mass is 32.1. The van der Waals surface area contributed by atoms with Crippen molar-refractivity contribution in [2.24, 2.45) is 5.92 Å². The van der Waals surface area contributed by atoms with Crippen molar-refractivity contribution in [1.29, 1.82) is 0 Å². The van der Waals surface area contributed by atoms with Crippen molar-refractivity contribution < 1.29 is 9.90 Å². The zero-order chi connectivity index (χ0) is 13.8. The zero-order valence-corrected chi connectivity index (χ0v) is 12.3. The summed E-state index contributed by atoms with van der Waals surface area (Å²) in [4.78, 5) is 19.3. The van der Waals surface area contributed by atoms with Gasteiger partial charge in [0, 0.05) is 24.6 Å². The lowest BCUT2D eigenvalue weighted by molar-refractivity contribution is 0.137. The normalized spacial score (nSPS) is 16.7. The van der Waals surface area contributed by atoms with Gasteiger partial charge in [-0.1, -0.05) is 0 Å². The molecule has 2 amide bonds. The van der Waals surface area contributed by atoms with Crippen molar-refractivity contribution in [2.45, 2.75) is 33.2 Å². The molecule has 1 aliphatic rings. The van der Waals surface area contributed by atoms with Gasteiger partial charge in [0.15, 0.2) is 0 Å². The number of carbonyl (C=O) groups excluding carboxylic acids is 1. The second kappa shape index (κ2) is 6.34. The number of piperidine rings is 1. The lowest BCUT2D eigenvalue weighted by atomic mass is 9.98. The van der Waals surface area contributed by atoms with Gasteiger partial charge in [-0.3, -0.25) is 0 Å². The van der Waals surface area contributed by atoms with E-state index < -0.39 is 0 Å². The minimum absolute atomic E-state index is 0.0122. The quantitative estimate of drug-likeness (QED) is 0.887. The number of nitrogens with zero attached hydrogens (tertiary/aromatic N) is 2. The molecule has 1 aromatic rings. The maximum atomic E-state index is 12.0. The fraction of sp³-hybridized carbons (Fsp3) is 0.692. The molecule has 0 unspecified atom stereocenters. The second-order valence-electron chi connectivity index (χ2n) is 5.01. The van der Waals surface area contributed by atoms with E-state index in [-0.39, 0.29) is 12.6 Å². The van der Waals surface area contributed by atoms with Crippen molar-refractivity contribution in [2.75, 3.05) is 19.7 Å². The highest BCUT2D eigenvalue weighted by Gasteiger charge is 2.22. The molecule has 2 N–H and O–H groups in total. The number of aromatic nitrogens is 1. The molecular formula is C13H21N3O2S. The van der Waals surface area contributed by atoms with Gasteiger partial charge in [-0.15, -0.1) is 11.3 Å². The highest BCUT2D eigenvalue weighted by Crippen LogP contribution is 2.18. The molecule has 0 radical (unpaired) electrons. The van der Waals surface area contributed by atoms with Crippen LogP contribution in [-0.4, -0.2) is 40.7 Å². The number of urea groups is 1. The predicted octanol–water partition coefficient (Wildman–Crippen LogP) is 1.67. The minimum atomic E-state index is -0.0122. The molecule has 5 nitrogen and oxygen atoms in total. The van der Waals surface area contributed by atoms with E-state index in [9.17, 15) is 4.79 Å². The van der Waals surface area contributed by atoms with E-state index in [1.807, 2.05) is 18.7 Å². The van der Waals surface area contributed by atoms with Crippen LogP contribution in [0.3, 0.4) is 0 Å². The number of hydrogen-bond donors (Lipinski definition) is 2. The van der Waals surface area contributed by atoms with Gasteiger partial charge >= 0.3 is 6.03 Å². The molecule has 19 heavy (non-hydrogen) atoms. The fourth-order valence-electron chi connectivity index (χ4n) is 2.32. The summed E-state index contributed by atoms with van der Waals surface area (Å²) in [6, 6.07) is -0.0122. The molecule has 6 heteroatoms. The summed E-state index contributed by atoms with van der Waals surface area (Å²) >= 11 is 1.63. The standard InChI is InChI=1S/C13H21N3O2S/c1-9-12(19-10(2)15-9)7-14-13(18)16-5-3-11(8-17)4-6-16/h11,17H,3-8H2,1-2H3,(H,14,18). The van der Waals surface area contributed by atoms with E-state index in [1.165, 1.54) is 0 Å². The van der Waals surface area contributed by atoms with Crippen molar-refractivity contribution >= 4 is 17.4 Å². The number of hydrogen-bond acceptors (Lipinski definition) is 4. The monoisotopic (exact) mass is 283 g/mol. The Kier molecular flexibility index (Phi) is 4.76. The summed E-state index contributed by atoms with van der Waals surface area (Å²) in [5.74, 6) is 0.357. The molecule has 106 valence electrons. The average molecular weight is 283 g/mol. The van der Waals surface area contributed by atoms with Crippen LogP contribution in [0, 0.1) is 19.8 Å². The summed E-state index contributed by atoms with van der Waals surface area (Å²) in [5.41, 5.74) is 1.00. The van der Waals surface area contributed by atoms with Crippen molar-refractivity contribution in [1.82, 2.24) is 15.2 Å². The van der Waals surface area contributed by atoms with Crippen LogP contribution in [0.5, 0.6) is 0 Å². The number of aliphatic hydroxyl groups is 1. The Morgan fingerprint density at radius 1 is 1.47 bits per heavy atom. The zero-order valence-electron chi connectivity index (χ0n) is 11.5. The summed E-state index contributed by atoms with van der Waals surface area (Å²) in [6.45, 7) is 6.20. The van der Waals surface area contributed by atoms with Gasteiger partial charge in [-0.2, -0.15) is 0 Å². The largest absolute Gasteiger partial charge is 0.396 e. The van der Waals surface area contributed by atoms with Crippen LogP contribution in [0.4, 0.5) is 4.79 Å². The molecule has 2 heterocycles. The Morgan fingerprint density at radius 3 is 2.68 bits per heavy atom. The van der Waals surface area contributed by atoms with E-state index in [1.54, 1.807) is 11.3 Å². The Hall–Kier alpha value is -1.14. The number of thiazole rings is 1. The molecule has 1 aromatic heterocycles. The van der Waals surface area contributed by atoms with Gasteiger partial charge in [-0.05, 0) is 32.6 Å². The summed E-state index contributed by atoms with van der Waals surface area (Å²) in [5, 5.41) is 13.1. The first kappa shape index (κ1) is 14.3. The molecule has 0 aromatic carbocycles. The van der Waals surface area contributed by atoms with Crippen molar-refractivity contribution in [3.8, 4) is 0 Å². The summed E-state index contributed by atoms with van der Waals surface area (Å²) < 4.78 is 0. The number of carbonyl (C=O) groups is 1. The van der Waals surface area contributed by atoms with E-state index in [4.69, 9.17) is 5.11 Å². The Bertz CT molecular complexity index is 439. The van der Waals surface area contributed by atoms with Gasteiger partial charge in [0.25, 0.3) is 0 Å². The maximum Gasteiger partial charge on any atom is 0.317 e. The molecule has 2 rings (SSSR count). The first-order valence-corrected chi connectivity index (χ1v) is 7.48. The molecule has 1 fully saturated rings. The number of aliphatic hydroxyl groups excluding tert-OH is 1. The van der Waals surface area contributed by atoms with Crippen molar-refractivity contribution in [3.63, 3.8) is 0 Å². The predicted molar refractivity (Wildman–Crippen MR) is 75.2 cm³/mol. The smallest absolute Gasteiger partial charge is 0.317 e. The van der Waals surface area contributed by atoms with Crippen LogP contribution >= 0.6 is 11.3 Å². The molecule has 0 aliphatic carbocycles. The lowest BCUT2D eigenvalue weighted by Crippen LogP contribution is -2.44. The molecule has 0 atom stereocenters. The van der Waals surface area contributed by atoms with Crippen LogP contribution in [0.1, 0.15) is 28.4 Å². The van der Waals surface area contributed by atoms with Crippen LogP contribution in [0.2, 0.25) is 0 Å². The number of nitrogens with one attached hydrogen (secondary N) is 1. The van der Waals surface area contributed by atoms with E-state index in [0.717, 1.165) is 41.5 Å². The van der Waals surface area contributed by atoms with Gasteiger partial charge in [0.1, 0.15) is 0 Å². The van der Waals surface area contributed by atoms with E-state index in [2.05, 4.69) is 10.3 Å². The minimum Gasteiger partial charge on any atom is -0.396 e. The van der Waals surface area contributed by atoms with Gasteiger partial charge in [-0.25, -0.2) is 9.78 Å². The third-order valence-electron chi connectivity index (χ3n) is 3.56. The summed E-state index contributed by atoms with van der Waals surface area (Å²) in [6.07, 6.45) is 1.78. The van der Waals surface area contributed by atoms with Crippen LogP contribution in [0.15, 0.2) is 0 Å². The van der Waals surface area contributed by atoms with Crippen molar-refractivity contribution in [3.05, 3.63) is 15.6 Å².